The predicted octanol–water partition coefficient (Wildman–Crippen LogP) is 5.04. The molecule has 0 amide bonds. The summed E-state index contributed by atoms with van der Waals surface area (Å²) in [5.74, 6) is 1.33. The molecule has 0 saturated heterocycles. The lowest BCUT2D eigenvalue weighted by Gasteiger charge is -2.09. The van der Waals surface area contributed by atoms with Crippen molar-refractivity contribution in [2.45, 2.75) is 25.4 Å². The van der Waals surface area contributed by atoms with Gasteiger partial charge in [0.25, 0.3) is 0 Å². The fourth-order valence-corrected chi connectivity index (χ4v) is 2.23. The lowest BCUT2D eigenvalue weighted by Crippen LogP contribution is -2.14. The van der Waals surface area contributed by atoms with Crippen LogP contribution in [0.25, 0.3) is 0 Å². The van der Waals surface area contributed by atoms with E-state index < -0.39 is 0 Å². The van der Waals surface area contributed by atoms with Crippen molar-refractivity contribution in [3.63, 3.8) is 0 Å². The molecular weight excluding hydrogens is 293 g/mol. The molecule has 0 atom stereocenters. The van der Waals surface area contributed by atoms with Crippen LogP contribution in [-0.4, -0.2) is 6.04 Å². The van der Waals surface area contributed by atoms with Gasteiger partial charge in [-0.2, -0.15) is 0 Å². The highest BCUT2D eigenvalue weighted by Crippen LogP contribution is 2.31. The van der Waals surface area contributed by atoms with E-state index in [1.165, 1.54) is 18.4 Å². The van der Waals surface area contributed by atoms with E-state index in [4.69, 9.17) is 27.9 Å². The minimum Gasteiger partial charge on any atom is -0.456 e. The molecule has 1 N–H and O–H groups in total. The molecule has 0 radical (unpaired) electrons. The Hall–Kier alpha value is -1.22. The molecule has 2 nitrogen and oxygen atoms in total. The van der Waals surface area contributed by atoms with Crippen molar-refractivity contribution >= 4 is 23.2 Å². The van der Waals surface area contributed by atoms with Crippen LogP contribution in [0.3, 0.4) is 0 Å². The van der Waals surface area contributed by atoms with Crippen molar-refractivity contribution in [3.05, 3.63) is 58.1 Å². The third kappa shape index (κ3) is 3.66. The van der Waals surface area contributed by atoms with Gasteiger partial charge in [-0.15, -0.1) is 0 Å². The summed E-state index contributed by atoms with van der Waals surface area (Å²) < 4.78 is 5.75. The van der Waals surface area contributed by atoms with Crippen molar-refractivity contribution in [2.24, 2.45) is 0 Å². The molecule has 1 fully saturated rings. The molecule has 3 rings (SSSR count). The van der Waals surface area contributed by atoms with Crippen LogP contribution >= 0.6 is 23.2 Å². The zero-order chi connectivity index (χ0) is 13.9. The van der Waals surface area contributed by atoms with Crippen LogP contribution in [0.2, 0.25) is 10.0 Å². The van der Waals surface area contributed by atoms with E-state index >= 15 is 0 Å². The predicted molar refractivity (Wildman–Crippen MR) is 82.8 cm³/mol. The minimum absolute atomic E-state index is 0.550. The van der Waals surface area contributed by atoms with E-state index in [-0.39, 0.29) is 0 Å². The summed E-state index contributed by atoms with van der Waals surface area (Å²) >= 11 is 12.0. The highest BCUT2D eigenvalue weighted by molar-refractivity contribution is 6.34. The van der Waals surface area contributed by atoms with Crippen LogP contribution in [0.15, 0.2) is 42.5 Å². The number of benzene rings is 2. The van der Waals surface area contributed by atoms with Gasteiger partial charge >= 0.3 is 0 Å². The molecule has 4 heteroatoms. The summed E-state index contributed by atoms with van der Waals surface area (Å²) in [7, 11) is 0. The normalized spacial score (nSPS) is 14.3. The van der Waals surface area contributed by atoms with Crippen LogP contribution in [0.4, 0.5) is 0 Å². The van der Waals surface area contributed by atoms with Gasteiger partial charge in [0.1, 0.15) is 11.5 Å². The van der Waals surface area contributed by atoms with E-state index in [2.05, 4.69) is 17.4 Å². The molecule has 0 unspecified atom stereocenters. The quantitative estimate of drug-likeness (QED) is 0.835. The minimum atomic E-state index is 0.550. The first kappa shape index (κ1) is 13.7. The van der Waals surface area contributed by atoms with Crippen LogP contribution in [0.5, 0.6) is 11.5 Å². The highest BCUT2D eigenvalue weighted by Gasteiger charge is 2.19. The van der Waals surface area contributed by atoms with Gasteiger partial charge in [0.05, 0.1) is 5.02 Å². The summed E-state index contributed by atoms with van der Waals surface area (Å²) in [4.78, 5) is 0. The van der Waals surface area contributed by atoms with E-state index in [9.17, 15) is 0 Å². The van der Waals surface area contributed by atoms with Gasteiger partial charge in [-0.25, -0.2) is 0 Å². The Balaban J connectivity index is 1.66. The molecule has 1 saturated carbocycles. The summed E-state index contributed by atoms with van der Waals surface area (Å²) in [6, 6.07) is 13.9. The van der Waals surface area contributed by atoms with Gasteiger partial charge in [0.15, 0.2) is 0 Å². The van der Waals surface area contributed by atoms with Crippen LogP contribution < -0.4 is 10.1 Å². The molecule has 0 spiro atoms. The Labute approximate surface area is 128 Å². The van der Waals surface area contributed by atoms with Gasteiger partial charge in [0, 0.05) is 23.7 Å². The molecule has 1 aliphatic rings. The average Bonchev–Trinajstić information content (AvgIpc) is 3.26. The molecule has 0 heterocycles. The second kappa shape index (κ2) is 6.04. The largest absolute Gasteiger partial charge is 0.456 e. The first-order chi connectivity index (χ1) is 9.70. The average molecular weight is 308 g/mol. The lowest BCUT2D eigenvalue weighted by molar-refractivity contribution is 0.482. The number of hydrogen-bond donors (Lipinski definition) is 1. The van der Waals surface area contributed by atoms with Crippen LogP contribution in [-0.2, 0) is 6.54 Å². The maximum Gasteiger partial charge on any atom is 0.147 e. The second-order valence-electron chi connectivity index (χ2n) is 4.98. The van der Waals surface area contributed by atoms with Gasteiger partial charge in [0.2, 0.25) is 0 Å². The lowest BCUT2D eigenvalue weighted by atomic mass is 10.2. The Morgan fingerprint density at radius 3 is 2.50 bits per heavy atom. The van der Waals surface area contributed by atoms with Gasteiger partial charge in [-0.3, -0.25) is 0 Å². The Morgan fingerprint density at radius 2 is 1.80 bits per heavy atom. The third-order valence-corrected chi connectivity index (χ3v) is 3.76. The zero-order valence-corrected chi connectivity index (χ0v) is 12.4. The standard InChI is InChI=1S/C16H15Cl2NO/c17-12-3-8-15(18)16(9-12)20-14-6-1-11(2-7-14)10-19-13-4-5-13/h1-3,6-9,13,19H,4-5,10H2. The summed E-state index contributed by atoms with van der Waals surface area (Å²) in [6.07, 6.45) is 2.60. The molecular formula is C16H15Cl2NO. The molecule has 0 aliphatic heterocycles. The number of rotatable bonds is 5. The van der Waals surface area contributed by atoms with Gasteiger partial charge < -0.3 is 10.1 Å². The number of ether oxygens (including phenoxy) is 1. The van der Waals surface area contributed by atoms with Crippen molar-refractivity contribution in [2.75, 3.05) is 0 Å². The summed E-state index contributed by atoms with van der Waals surface area (Å²) in [5, 5.41) is 4.64. The number of halogens is 2. The molecule has 1 aliphatic carbocycles. The Kier molecular flexibility index (Phi) is 4.16. The van der Waals surface area contributed by atoms with E-state index in [0.717, 1.165) is 18.3 Å². The summed E-state index contributed by atoms with van der Waals surface area (Å²) in [5.41, 5.74) is 1.25. The second-order valence-corrected chi connectivity index (χ2v) is 5.82. The molecule has 2 aromatic carbocycles. The molecule has 104 valence electrons. The van der Waals surface area contributed by atoms with E-state index in [1.54, 1.807) is 18.2 Å². The first-order valence-corrected chi connectivity index (χ1v) is 7.41. The maximum absolute atomic E-state index is 6.08. The molecule has 20 heavy (non-hydrogen) atoms. The SMILES string of the molecule is Clc1ccc(Cl)c(Oc2ccc(CNC3CC3)cc2)c1. The molecule has 0 bridgehead atoms. The van der Waals surface area contributed by atoms with Gasteiger partial charge in [-0.1, -0.05) is 35.3 Å². The van der Waals surface area contributed by atoms with Crippen LogP contribution in [0.1, 0.15) is 18.4 Å². The topological polar surface area (TPSA) is 21.3 Å². The summed E-state index contributed by atoms with van der Waals surface area (Å²) in [6.45, 7) is 0.906. The fourth-order valence-electron chi connectivity index (χ4n) is 1.91. The van der Waals surface area contributed by atoms with E-state index in [1.807, 2.05) is 12.1 Å². The van der Waals surface area contributed by atoms with Crippen molar-refractivity contribution in [3.8, 4) is 11.5 Å². The van der Waals surface area contributed by atoms with Gasteiger partial charge in [-0.05, 0) is 42.7 Å². The zero-order valence-electron chi connectivity index (χ0n) is 10.9. The monoisotopic (exact) mass is 307 g/mol. The maximum atomic E-state index is 6.08. The highest BCUT2D eigenvalue weighted by atomic mass is 35.5. The number of hydrogen-bond acceptors (Lipinski definition) is 2. The third-order valence-electron chi connectivity index (χ3n) is 3.22. The smallest absolute Gasteiger partial charge is 0.147 e. The molecule has 0 aromatic heterocycles. The number of nitrogens with one attached hydrogen (secondary N) is 1. The Morgan fingerprint density at radius 1 is 1.05 bits per heavy atom. The Bertz CT molecular complexity index is 594. The van der Waals surface area contributed by atoms with Crippen molar-refractivity contribution in [1.82, 2.24) is 5.32 Å². The van der Waals surface area contributed by atoms with Crippen LogP contribution in [0, 0.1) is 0 Å². The molecule has 2 aromatic rings. The van der Waals surface area contributed by atoms with E-state index in [0.29, 0.717) is 15.8 Å². The van der Waals surface area contributed by atoms with Crippen molar-refractivity contribution in [1.29, 1.82) is 0 Å². The first-order valence-electron chi connectivity index (χ1n) is 6.66. The fraction of sp³-hybridized carbons (Fsp3) is 0.250. The van der Waals surface area contributed by atoms with Crippen molar-refractivity contribution < 1.29 is 4.74 Å².